The van der Waals surface area contributed by atoms with Crippen LogP contribution in [-0.4, -0.2) is 11.2 Å². The first-order valence-corrected chi connectivity index (χ1v) is 5.17. The zero-order valence-corrected chi connectivity index (χ0v) is 9.54. The summed E-state index contributed by atoms with van der Waals surface area (Å²) in [5, 5.41) is 9.64. The molecule has 1 rings (SSSR count). The van der Waals surface area contributed by atoms with E-state index in [9.17, 15) is 5.11 Å². The van der Waals surface area contributed by atoms with E-state index in [1.54, 1.807) is 0 Å². The van der Waals surface area contributed by atoms with Gasteiger partial charge in [-0.1, -0.05) is 38.2 Å². The third kappa shape index (κ3) is 2.36. The predicted molar refractivity (Wildman–Crippen MR) is 61.1 cm³/mol. The van der Waals surface area contributed by atoms with Crippen molar-refractivity contribution in [1.82, 2.24) is 0 Å². The van der Waals surface area contributed by atoms with Crippen molar-refractivity contribution in [2.45, 2.75) is 40.2 Å². The summed E-state index contributed by atoms with van der Waals surface area (Å²) in [5.41, 5.74) is 2.62. The Hall–Kier alpha value is -0.820. The molecule has 0 amide bonds. The van der Waals surface area contributed by atoms with E-state index in [1.165, 1.54) is 11.1 Å². The topological polar surface area (TPSA) is 20.2 Å². The number of hydrogen-bond donors (Lipinski definition) is 1. The van der Waals surface area contributed by atoms with Crippen LogP contribution in [0.3, 0.4) is 0 Å². The van der Waals surface area contributed by atoms with Crippen molar-refractivity contribution in [3.63, 3.8) is 0 Å². The Labute approximate surface area is 86.8 Å². The molecule has 0 aliphatic heterocycles. The van der Waals surface area contributed by atoms with Crippen molar-refractivity contribution in [2.24, 2.45) is 5.41 Å². The van der Waals surface area contributed by atoms with Gasteiger partial charge in [-0.3, -0.25) is 0 Å². The Kier molecular flexibility index (Phi) is 3.33. The molecule has 1 unspecified atom stereocenters. The zero-order valence-electron chi connectivity index (χ0n) is 9.54. The average Bonchev–Trinajstić information content (AvgIpc) is 2.00. The minimum Gasteiger partial charge on any atom is -0.389 e. The molecular weight excluding hydrogens is 172 g/mol. The maximum atomic E-state index is 9.64. The van der Waals surface area contributed by atoms with Crippen LogP contribution in [0.1, 0.15) is 34.1 Å². The Morgan fingerprint density at radius 1 is 1.50 bits per heavy atom. The van der Waals surface area contributed by atoms with Gasteiger partial charge < -0.3 is 5.11 Å². The van der Waals surface area contributed by atoms with Gasteiger partial charge in [0.15, 0.2) is 0 Å². The molecule has 0 aromatic rings. The van der Waals surface area contributed by atoms with Crippen molar-refractivity contribution < 1.29 is 5.11 Å². The molecule has 0 spiro atoms. The molecule has 0 saturated heterocycles. The van der Waals surface area contributed by atoms with E-state index in [1.807, 2.05) is 19.1 Å². The lowest BCUT2D eigenvalue weighted by molar-refractivity contribution is 0.161. The minimum atomic E-state index is -0.284. The van der Waals surface area contributed by atoms with Crippen LogP contribution in [0.25, 0.3) is 0 Å². The van der Waals surface area contributed by atoms with Crippen LogP contribution in [0.2, 0.25) is 0 Å². The number of aliphatic hydroxyl groups excluding tert-OH is 1. The second-order valence-electron chi connectivity index (χ2n) is 4.61. The standard InChI is InChI=1S/C13H20O/c1-5-6-7-12-10(2)8-11(14)9-13(12,3)4/h5-8,11,14H,9H2,1-4H3. The molecule has 1 nitrogen and oxygen atoms in total. The first kappa shape index (κ1) is 11.3. The van der Waals surface area contributed by atoms with Gasteiger partial charge in [0, 0.05) is 0 Å². The number of aliphatic hydroxyl groups is 1. The average molecular weight is 192 g/mol. The number of rotatable bonds is 1. The second-order valence-corrected chi connectivity index (χ2v) is 4.61. The van der Waals surface area contributed by atoms with Crippen LogP contribution >= 0.6 is 0 Å². The smallest absolute Gasteiger partial charge is 0.0734 e. The number of allylic oxidation sites excluding steroid dienone is 5. The van der Waals surface area contributed by atoms with E-state index in [0.717, 1.165) is 6.42 Å². The molecule has 1 aliphatic carbocycles. The quantitative estimate of drug-likeness (QED) is 0.676. The molecule has 1 heteroatoms. The van der Waals surface area contributed by atoms with Gasteiger partial charge in [-0.15, -0.1) is 0 Å². The van der Waals surface area contributed by atoms with Crippen molar-refractivity contribution in [3.05, 3.63) is 35.5 Å². The summed E-state index contributed by atoms with van der Waals surface area (Å²) in [5.74, 6) is 0. The summed E-state index contributed by atoms with van der Waals surface area (Å²) in [6.07, 6.45) is 8.72. The molecule has 0 aromatic heterocycles. The van der Waals surface area contributed by atoms with Gasteiger partial charge in [-0.05, 0) is 36.8 Å². The molecule has 0 saturated carbocycles. The van der Waals surface area contributed by atoms with Crippen molar-refractivity contribution >= 4 is 0 Å². The molecule has 0 fully saturated rings. The Balaban J connectivity index is 3.07. The van der Waals surface area contributed by atoms with Crippen LogP contribution in [0.4, 0.5) is 0 Å². The van der Waals surface area contributed by atoms with Crippen LogP contribution in [0, 0.1) is 5.41 Å². The molecule has 78 valence electrons. The molecule has 1 N–H and O–H groups in total. The third-order valence-electron chi connectivity index (χ3n) is 2.77. The van der Waals surface area contributed by atoms with Gasteiger partial charge in [0.25, 0.3) is 0 Å². The highest BCUT2D eigenvalue weighted by Gasteiger charge is 2.30. The lowest BCUT2D eigenvalue weighted by Gasteiger charge is -2.34. The van der Waals surface area contributed by atoms with Gasteiger partial charge in [0.1, 0.15) is 0 Å². The SMILES string of the molecule is CC=CC=C1C(C)=CC(O)CC1(C)C. The first-order valence-electron chi connectivity index (χ1n) is 5.17. The monoisotopic (exact) mass is 192 g/mol. The lowest BCUT2D eigenvalue weighted by atomic mass is 9.72. The lowest BCUT2D eigenvalue weighted by Crippen LogP contribution is -2.26. The highest BCUT2D eigenvalue weighted by Crippen LogP contribution is 2.40. The first-order chi connectivity index (χ1) is 6.47. The molecule has 0 bridgehead atoms. The molecule has 14 heavy (non-hydrogen) atoms. The number of hydrogen-bond acceptors (Lipinski definition) is 1. The predicted octanol–water partition coefficient (Wildman–Crippen LogP) is 3.23. The normalized spacial score (nSPS) is 29.6. The van der Waals surface area contributed by atoms with Crippen LogP contribution in [-0.2, 0) is 0 Å². The maximum Gasteiger partial charge on any atom is 0.0734 e. The molecule has 0 heterocycles. The third-order valence-corrected chi connectivity index (χ3v) is 2.77. The van der Waals surface area contributed by atoms with Crippen LogP contribution in [0.5, 0.6) is 0 Å². The summed E-state index contributed by atoms with van der Waals surface area (Å²) < 4.78 is 0. The Morgan fingerprint density at radius 2 is 2.14 bits per heavy atom. The largest absolute Gasteiger partial charge is 0.389 e. The summed E-state index contributed by atoms with van der Waals surface area (Å²) in [6, 6.07) is 0. The van der Waals surface area contributed by atoms with Crippen LogP contribution < -0.4 is 0 Å². The van der Waals surface area contributed by atoms with E-state index in [-0.39, 0.29) is 11.5 Å². The van der Waals surface area contributed by atoms with Gasteiger partial charge in [0.05, 0.1) is 6.10 Å². The summed E-state index contributed by atoms with van der Waals surface area (Å²) in [7, 11) is 0. The summed E-state index contributed by atoms with van der Waals surface area (Å²) in [4.78, 5) is 0. The Bertz CT molecular complexity index is 292. The highest BCUT2D eigenvalue weighted by molar-refractivity contribution is 5.40. The summed E-state index contributed by atoms with van der Waals surface area (Å²) >= 11 is 0. The molecule has 1 aliphatic rings. The van der Waals surface area contributed by atoms with E-state index >= 15 is 0 Å². The molecule has 1 atom stereocenters. The molecule has 0 aromatic carbocycles. The van der Waals surface area contributed by atoms with E-state index in [2.05, 4.69) is 32.9 Å². The second kappa shape index (κ2) is 4.14. The highest BCUT2D eigenvalue weighted by atomic mass is 16.3. The maximum absolute atomic E-state index is 9.64. The fourth-order valence-corrected chi connectivity index (χ4v) is 2.15. The molecular formula is C13H20O. The minimum absolute atomic E-state index is 0.0811. The van der Waals surface area contributed by atoms with Crippen molar-refractivity contribution in [2.75, 3.05) is 0 Å². The van der Waals surface area contributed by atoms with Gasteiger partial charge in [0.2, 0.25) is 0 Å². The van der Waals surface area contributed by atoms with E-state index < -0.39 is 0 Å². The van der Waals surface area contributed by atoms with Crippen molar-refractivity contribution in [3.8, 4) is 0 Å². The van der Waals surface area contributed by atoms with Gasteiger partial charge in [-0.25, -0.2) is 0 Å². The molecule has 0 radical (unpaired) electrons. The summed E-state index contributed by atoms with van der Waals surface area (Å²) in [6.45, 7) is 8.45. The zero-order chi connectivity index (χ0) is 10.8. The Morgan fingerprint density at radius 3 is 2.64 bits per heavy atom. The van der Waals surface area contributed by atoms with Crippen molar-refractivity contribution in [1.29, 1.82) is 0 Å². The fraction of sp³-hybridized carbons (Fsp3) is 0.538. The van der Waals surface area contributed by atoms with Gasteiger partial charge >= 0.3 is 0 Å². The van der Waals surface area contributed by atoms with E-state index in [4.69, 9.17) is 0 Å². The van der Waals surface area contributed by atoms with Gasteiger partial charge in [-0.2, -0.15) is 0 Å². The van der Waals surface area contributed by atoms with Crippen LogP contribution in [0.15, 0.2) is 35.5 Å². The van der Waals surface area contributed by atoms with E-state index in [0.29, 0.717) is 0 Å². The fourth-order valence-electron chi connectivity index (χ4n) is 2.15.